The van der Waals surface area contributed by atoms with Crippen LogP contribution in [0, 0.1) is 0 Å². The van der Waals surface area contributed by atoms with Crippen LogP contribution in [-0.4, -0.2) is 6.29 Å². The Hall–Kier alpha value is -3.13. The van der Waals surface area contributed by atoms with Crippen molar-refractivity contribution in [1.29, 1.82) is 0 Å². The number of benzene rings is 3. The first-order chi connectivity index (χ1) is 11.4. The van der Waals surface area contributed by atoms with Gasteiger partial charge in [-0.05, 0) is 48.0 Å². The summed E-state index contributed by atoms with van der Waals surface area (Å²) < 4.78 is 0. The number of para-hydroxylation sites is 2. The number of hydrogen-bond acceptors (Lipinski definition) is 2. The first-order valence-corrected chi connectivity index (χ1v) is 7.50. The zero-order valence-corrected chi connectivity index (χ0v) is 12.7. The predicted molar refractivity (Wildman–Crippen MR) is 96.2 cm³/mol. The molecule has 3 aromatic carbocycles. The quantitative estimate of drug-likeness (QED) is 0.466. The third-order valence-electron chi connectivity index (χ3n) is 3.55. The van der Waals surface area contributed by atoms with E-state index in [4.69, 9.17) is 0 Å². The Balaban J connectivity index is 2.02. The molecule has 112 valence electrons. The van der Waals surface area contributed by atoms with Crippen LogP contribution in [0.2, 0.25) is 0 Å². The summed E-state index contributed by atoms with van der Waals surface area (Å²) in [4.78, 5) is 12.6. The molecule has 0 aliphatic carbocycles. The monoisotopic (exact) mass is 299 g/mol. The van der Waals surface area contributed by atoms with Crippen molar-refractivity contribution >= 4 is 29.4 Å². The average Bonchev–Trinajstić information content (AvgIpc) is 2.63. The van der Waals surface area contributed by atoms with Gasteiger partial charge >= 0.3 is 0 Å². The molecule has 0 saturated heterocycles. The lowest BCUT2D eigenvalue weighted by atomic mass is 10.1. The third kappa shape index (κ3) is 3.55. The van der Waals surface area contributed by atoms with E-state index in [1.165, 1.54) is 6.08 Å². The van der Waals surface area contributed by atoms with Crippen molar-refractivity contribution in [2.75, 3.05) is 4.90 Å². The number of allylic oxidation sites excluding steroid dienone is 1. The van der Waals surface area contributed by atoms with Gasteiger partial charge in [0, 0.05) is 17.1 Å². The maximum atomic E-state index is 10.4. The fourth-order valence-corrected chi connectivity index (χ4v) is 2.49. The Labute approximate surface area is 136 Å². The van der Waals surface area contributed by atoms with Crippen LogP contribution < -0.4 is 4.90 Å². The lowest BCUT2D eigenvalue weighted by molar-refractivity contribution is -0.104. The molecule has 0 unspecified atom stereocenters. The molecule has 0 bridgehead atoms. The minimum Gasteiger partial charge on any atom is -0.311 e. The highest BCUT2D eigenvalue weighted by molar-refractivity contribution is 5.78. The number of anilines is 3. The molecule has 0 amide bonds. The number of rotatable bonds is 5. The van der Waals surface area contributed by atoms with Crippen LogP contribution in [0.15, 0.2) is 91.0 Å². The largest absolute Gasteiger partial charge is 0.311 e. The summed E-state index contributed by atoms with van der Waals surface area (Å²) in [7, 11) is 0. The zero-order chi connectivity index (χ0) is 15.9. The van der Waals surface area contributed by atoms with Crippen LogP contribution >= 0.6 is 0 Å². The molecule has 0 radical (unpaired) electrons. The fourth-order valence-electron chi connectivity index (χ4n) is 2.49. The number of carbonyl (C=O) groups excluding carboxylic acids is 1. The van der Waals surface area contributed by atoms with Crippen LogP contribution in [0.1, 0.15) is 5.56 Å². The van der Waals surface area contributed by atoms with Gasteiger partial charge in [-0.1, -0.05) is 54.6 Å². The van der Waals surface area contributed by atoms with E-state index in [-0.39, 0.29) is 0 Å². The highest BCUT2D eigenvalue weighted by Gasteiger charge is 2.10. The van der Waals surface area contributed by atoms with E-state index < -0.39 is 0 Å². The number of nitrogens with zero attached hydrogens (tertiary/aromatic N) is 1. The van der Waals surface area contributed by atoms with Gasteiger partial charge in [0.05, 0.1) is 0 Å². The summed E-state index contributed by atoms with van der Waals surface area (Å²) in [6, 6.07) is 28.7. The SMILES string of the molecule is O=CC=Cc1ccc(N(c2ccccc2)c2ccccc2)cc1. The van der Waals surface area contributed by atoms with Gasteiger partial charge in [-0.2, -0.15) is 0 Å². The van der Waals surface area contributed by atoms with Crippen molar-refractivity contribution in [3.8, 4) is 0 Å². The zero-order valence-electron chi connectivity index (χ0n) is 12.7. The van der Waals surface area contributed by atoms with Gasteiger partial charge in [0.1, 0.15) is 6.29 Å². The smallest absolute Gasteiger partial charge is 0.142 e. The third-order valence-corrected chi connectivity index (χ3v) is 3.55. The van der Waals surface area contributed by atoms with Crippen molar-refractivity contribution in [3.05, 3.63) is 96.6 Å². The molecule has 0 aromatic heterocycles. The molecule has 0 fully saturated rings. The first kappa shape index (κ1) is 14.8. The normalized spacial score (nSPS) is 10.6. The molecule has 0 spiro atoms. The summed E-state index contributed by atoms with van der Waals surface area (Å²) in [6.45, 7) is 0. The van der Waals surface area contributed by atoms with Crippen LogP contribution in [0.5, 0.6) is 0 Å². The minimum atomic E-state index is 0.786. The van der Waals surface area contributed by atoms with E-state index in [0.29, 0.717) is 0 Å². The fraction of sp³-hybridized carbons (Fsp3) is 0. The van der Waals surface area contributed by atoms with Crippen LogP contribution in [0.25, 0.3) is 6.08 Å². The summed E-state index contributed by atoms with van der Waals surface area (Å²) in [6.07, 6.45) is 4.08. The van der Waals surface area contributed by atoms with E-state index in [9.17, 15) is 4.79 Å². The second-order valence-electron chi connectivity index (χ2n) is 5.09. The molecule has 0 atom stereocenters. The van der Waals surface area contributed by atoms with Crippen LogP contribution in [0.3, 0.4) is 0 Å². The number of hydrogen-bond donors (Lipinski definition) is 0. The summed E-state index contributed by atoms with van der Waals surface area (Å²) in [5.41, 5.74) is 4.29. The van der Waals surface area contributed by atoms with Gasteiger partial charge in [0.15, 0.2) is 0 Å². The Morgan fingerprint density at radius 3 is 1.57 bits per heavy atom. The highest BCUT2D eigenvalue weighted by atomic mass is 16.1. The molecule has 0 saturated carbocycles. The van der Waals surface area contributed by atoms with Crippen molar-refractivity contribution in [2.24, 2.45) is 0 Å². The maximum absolute atomic E-state index is 10.4. The molecule has 0 heterocycles. The van der Waals surface area contributed by atoms with E-state index in [2.05, 4.69) is 41.3 Å². The van der Waals surface area contributed by atoms with E-state index in [1.807, 2.05) is 48.5 Å². The topological polar surface area (TPSA) is 20.3 Å². The van der Waals surface area contributed by atoms with Crippen LogP contribution in [-0.2, 0) is 4.79 Å². The molecule has 3 rings (SSSR count). The molecule has 0 aliphatic rings. The van der Waals surface area contributed by atoms with Gasteiger partial charge in [0.25, 0.3) is 0 Å². The van der Waals surface area contributed by atoms with E-state index in [1.54, 1.807) is 6.08 Å². The summed E-state index contributed by atoms with van der Waals surface area (Å²) >= 11 is 0. The Kier molecular flexibility index (Phi) is 4.65. The molecule has 0 aliphatic heterocycles. The van der Waals surface area contributed by atoms with E-state index >= 15 is 0 Å². The standard InChI is InChI=1S/C21H17NO/c23-17-7-8-18-13-15-21(16-14-18)22(19-9-3-1-4-10-19)20-11-5-2-6-12-20/h1-17H. The highest BCUT2D eigenvalue weighted by Crippen LogP contribution is 2.34. The number of aldehydes is 1. The molecule has 3 aromatic rings. The molecule has 2 heteroatoms. The second kappa shape index (κ2) is 7.23. The minimum absolute atomic E-state index is 0.786. The Morgan fingerprint density at radius 1 is 0.609 bits per heavy atom. The van der Waals surface area contributed by atoms with Gasteiger partial charge in [0.2, 0.25) is 0 Å². The Bertz CT molecular complexity index is 738. The predicted octanol–water partition coefficient (Wildman–Crippen LogP) is 5.37. The lowest BCUT2D eigenvalue weighted by Crippen LogP contribution is -2.09. The molecular formula is C21H17NO. The lowest BCUT2D eigenvalue weighted by Gasteiger charge is -2.25. The van der Waals surface area contributed by atoms with Crippen molar-refractivity contribution < 1.29 is 4.79 Å². The van der Waals surface area contributed by atoms with Gasteiger partial charge in [-0.3, -0.25) is 4.79 Å². The van der Waals surface area contributed by atoms with Gasteiger partial charge in [-0.25, -0.2) is 0 Å². The molecule has 23 heavy (non-hydrogen) atoms. The van der Waals surface area contributed by atoms with Crippen molar-refractivity contribution in [3.63, 3.8) is 0 Å². The van der Waals surface area contributed by atoms with Gasteiger partial charge < -0.3 is 4.90 Å². The van der Waals surface area contributed by atoms with Crippen LogP contribution in [0.4, 0.5) is 17.1 Å². The summed E-state index contributed by atoms with van der Waals surface area (Å²) in [5.74, 6) is 0. The maximum Gasteiger partial charge on any atom is 0.142 e. The Morgan fingerprint density at radius 2 is 1.09 bits per heavy atom. The van der Waals surface area contributed by atoms with Crippen molar-refractivity contribution in [2.45, 2.75) is 0 Å². The molecule has 0 N–H and O–H groups in total. The first-order valence-electron chi connectivity index (χ1n) is 7.50. The molecular weight excluding hydrogens is 282 g/mol. The summed E-state index contributed by atoms with van der Waals surface area (Å²) in [5, 5.41) is 0. The molecule has 2 nitrogen and oxygen atoms in total. The van der Waals surface area contributed by atoms with Crippen molar-refractivity contribution in [1.82, 2.24) is 0 Å². The number of carbonyl (C=O) groups is 1. The average molecular weight is 299 g/mol. The second-order valence-corrected chi connectivity index (χ2v) is 5.09. The van der Waals surface area contributed by atoms with E-state index in [0.717, 1.165) is 28.9 Å². The van der Waals surface area contributed by atoms with Gasteiger partial charge in [-0.15, -0.1) is 0 Å².